The van der Waals surface area contributed by atoms with Crippen LogP contribution in [0.4, 0.5) is 0 Å². The van der Waals surface area contributed by atoms with Gasteiger partial charge in [-0.05, 0) is 49.6 Å². The highest BCUT2D eigenvalue weighted by atomic mass is 16.2. The van der Waals surface area contributed by atoms with Crippen molar-refractivity contribution in [2.75, 3.05) is 13.1 Å². The maximum absolute atomic E-state index is 13.0. The molecule has 5 rings (SSSR count). The van der Waals surface area contributed by atoms with Crippen LogP contribution in [-0.4, -0.2) is 44.4 Å². The Morgan fingerprint density at radius 3 is 2.58 bits per heavy atom. The maximum atomic E-state index is 13.0. The average molecular weight is 412 g/mol. The van der Waals surface area contributed by atoms with Gasteiger partial charge in [0.1, 0.15) is 11.3 Å². The number of carbonyl (C=O) groups excluding carboxylic acids is 1. The van der Waals surface area contributed by atoms with Gasteiger partial charge in [-0.15, -0.1) is 0 Å². The van der Waals surface area contributed by atoms with Gasteiger partial charge in [0.2, 0.25) is 0 Å². The third-order valence-corrected chi connectivity index (χ3v) is 6.01. The number of aromatic nitrogens is 3. The summed E-state index contributed by atoms with van der Waals surface area (Å²) in [5.74, 6) is -0.0422. The fourth-order valence-corrected chi connectivity index (χ4v) is 4.03. The summed E-state index contributed by atoms with van der Waals surface area (Å²) in [4.78, 5) is 27.4. The zero-order valence-electron chi connectivity index (χ0n) is 17.5. The van der Waals surface area contributed by atoms with Crippen LogP contribution in [0.1, 0.15) is 30.3 Å². The fraction of sp³-hybridized carbons (Fsp3) is 0.240. The Hall–Kier alpha value is -3.51. The Morgan fingerprint density at radius 1 is 1.03 bits per heavy atom. The molecule has 6 nitrogen and oxygen atoms in total. The van der Waals surface area contributed by atoms with Crippen molar-refractivity contribution in [2.45, 2.75) is 25.3 Å². The van der Waals surface area contributed by atoms with Crippen LogP contribution in [0, 0.1) is 0 Å². The van der Waals surface area contributed by atoms with Crippen LogP contribution in [0.2, 0.25) is 0 Å². The van der Waals surface area contributed by atoms with E-state index in [1.165, 1.54) is 0 Å². The van der Waals surface area contributed by atoms with E-state index in [4.69, 9.17) is 5.73 Å². The van der Waals surface area contributed by atoms with Crippen molar-refractivity contribution in [3.05, 3.63) is 72.6 Å². The summed E-state index contributed by atoms with van der Waals surface area (Å²) >= 11 is 0. The van der Waals surface area contributed by atoms with Gasteiger partial charge < -0.3 is 15.6 Å². The number of benzene rings is 1. The predicted molar refractivity (Wildman–Crippen MR) is 122 cm³/mol. The molecule has 0 saturated carbocycles. The van der Waals surface area contributed by atoms with E-state index in [9.17, 15) is 4.79 Å². The van der Waals surface area contributed by atoms with Crippen molar-refractivity contribution in [3.63, 3.8) is 0 Å². The number of piperidine rings is 1. The molecule has 1 fully saturated rings. The molecule has 0 aliphatic carbocycles. The van der Waals surface area contributed by atoms with Gasteiger partial charge in [0.15, 0.2) is 0 Å². The number of amides is 1. The molecular weight excluding hydrogens is 386 g/mol. The molecule has 0 unspecified atom stereocenters. The number of likely N-dealkylation sites (tertiary alicyclic amines) is 1. The van der Waals surface area contributed by atoms with Crippen LogP contribution in [0.15, 0.2) is 66.9 Å². The molecule has 3 N–H and O–H groups in total. The summed E-state index contributed by atoms with van der Waals surface area (Å²) in [6.07, 6.45) is 3.40. The van der Waals surface area contributed by atoms with Crippen LogP contribution < -0.4 is 5.73 Å². The molecule has 0 spiro atoms. The molecule has 0 atom stereocenters. The number of carbonyl (C=O) groups is 1. The third-order valence-electron chi connectivity index (χ3n) is 6.01. The van der Waals surface area contributed by atoms with E-state index in [1.54, 1.807) is 12.3 Å². The highest BCUT2D eigenvalue weighted by Gasteiger charge is 2.29. The number of fused-ring (bicyclic) bond motifs is 1. The largest absolute Gasteiger partial charge is 0.339 e. The van der Waals surface area contributed by atoms with Gasteiger partial charge in [0.05, 0.1) is 5.69 Å². The molecule has 1 saturated heterocycles. The van der Waals surface area contributed by atoms with Gasteiger partial charge in [0, 0.05) is 41.5 Å². The van der Waals surface area contributed by atoms with E-state index in [-0.39, 0.29) is 11.4 Å². The summed E-state index contributed by atoms with van der Waals surface area (Å²) in [7, 11) is 0. The topological polar surface area (TPSA) is 87.9 Å². The monoisotopic (exact) mass is 411 g/mol. The second-order valence-electron chi connectivity index (χ2n) is 8.57. The molecule has 0 radical (unpaired) electrons. The van der Waals surface area contributed by atoms with E-state index in [2.05, 4.69) is 39.2 Å². The molecule has 31 heavy (non-hydrogen) atoms. The summed E-state index contributed by atoms with van der Waals surface area (Å²) in [5.41, 5.74) is 11.0. The summed E-state index contributed by atoms with van der Waals surface area (Å²) in [6, 6.07) is 19.9. The van der Waals surface area contributed by atoms with Crippen LogP contribution >= 0.6 is 0 Å². The number of rotatable bonds is 3. The molecule has 156 valence electrons. The van der Waals surface area contributed by atoms with E-state index >= 15 is 0 Å². The second kappa shape index (κ2) is 7.63. The van der Waals surface area contributed by atoms with E-state index in [0.29, 0.717) is 18.8 Å². The Labute approximate surface area is 181 Å². The first-order valence-corrected chi connectivity index (χ1v) is 10.6. The average Bonchev–Trinajstić information content (AvgIpc) is 3.23. The first-order valence-electron chi connectivity index (χ1n) is 10.6. The minimum absolute atomic E-state index is 0.0422. The van der Waals surface area contributed by atoms with Gasteiger partial charge in [-0.25, -0.2) is 9.97 Å². The highest BCUT2D eigenvalue weighted by molar-refractivity contribution is 5.93. The zero-order valence-corrected chi connectivity index (χ0v) is 17.5. The quantitative estimate of drug-likeness (QED) is 0.528. The fourth-order valence-electron chi connectivity index (χ4n) is 4.03. The minimum Gasteiger partial charge on any atom is -0.339 e. The number of hydrogen-bond donors (Lipinski definition) is 2. The van der Waals surface area contributed by atoms with Crippen LogP contribution in [-0.2, 0) is 0 Å². The lowest BCUT2D eigenvalue weighted by Gasteiger charge is -2.36. The molecule has 4 heterocycles. The number of nitrogens with one attached hydrogen (secondary N) is 1. The Bertz CT molecular complexity index is 1240. The van der Waals surface area contributed by atoms with Crippen molar-refractivity contribution < 1.29 is 4.79 Å². The first kappa shape index (κ1) is 19.5. The number of pyridine rings is 2. The SMILES string of the molecule is CC1(N)CCN(C(=O)c2cccc(-c3cnc4[nH]c(-c5ccccc5)cc4c3)n2)CC1. The van der Waals surface area contributed by atoms with Gasteiger partial charge in [-0.3, -0.25) is 4.79 Å². The molecule has 1 aliphatic rings. The minimum atomic E-state index is -0.192. The van der Waals surface area contributed by atoms with Crippen molar-refractivity contribution in [3.8, 4) is 22.5 Å². The molecule has 4 aromatic rings. The second-order valence-corrected chi connectivity index (χ2v) is 8.57. The van der Waals surface area contributed by atoms with E-state index in [1.807, 2.05) is 42.2 Å². The lowest BCUT2D eigenvalue weighted by Crippen LogP contribution is -2.50. The molecule has 1 amide bonds. The summed E-state index contributed by atoms with van der Waals surface area (Å²) < 4.78 is 0. The lowest BCUT2D eigenvalue weighted by atomic mass is 9.91. The summed E-state index contributed by atoms with van der Waals surface area (Å²) in [5, 5.41) is 1.01. The van der Waals surface area contributed by atoms with Crippen molar-refractivity contribution >= 4 is 16.9 Å². The van der Waals surface area contributed by atoms with E-state index in [0.717, 1.165) is 46.4 Å². The molecule has 0 bridgehead atoms. The zero-order chi connectivity index (χ0) is 21.4. The smallest absolute Gasteiger partial charge is 0.272 e. The maximum Gasteiger partial charge on any atom is 0.272 e. The Morgan fingerprint density at radius 2 is 1.81 bits per heavy atom. The number of H-pyrrole nitrogens is 1. The first-order chi connectivity index (χ1) is 15.0. The number of nitrogens with zero attached hydrogens (tertiary/aromatic N) is 3. The lowest BCUT2D eigenvalue weighted by molar-refractivity contribution is 0.0675. The molecular formula is C25H25N5O. The normalized spacial score (nSPS) is 15.9. The van der Waals surface area contributed by atoms with Crippen LogP contribution in [0.3, 0.4) is 0 Å². The van der Waals surface area contributed by atoms with Crippen LogP contribution in [0.25, 0.3) is 33.5 Å². The van der Waals surface area contributed by atoms with Crippen LogP contribution in [0.5, 0.6) is 0 Å². The van der Waals surface area contributed by atoms with E-state index < -0.39 is 0 Å². The Kier molecular flexibility index (Phi) is 4.79. The summed E-state index contributed by atoms with van der Waals surface area (Å²) in [6.45, 7) is 3.37. The molecule has 6 heteroatoms. The number of hydrogen-bond acceptors (Lipinski definition) is 4. The van der Waals surface area contributed by atoms with Gasteiger partial charge in [-0.2, -0.15) is 0 Å². The standard InChI is InChI=1S/C25H25N5O/c1-25(26)10-12-30(13-11-25)24(31)21-9-5-8-20(28-21)19-14-18-15-22(29-23(18)27-16-19)17-6-3-2-4-7-17/h2-9,14-16H,10-13,26H2,1H3,(H,27,29). The van der Waals surface area contributed by atoms with Crippen molar-refractivity contribution in [2.24, 2.45) is 5.73 Å². The number of aromatic amines is 1. The van der Waals surface area contributed by atoms with Gasteiger partial charge >= 0.3 is 0 Å². The highest BCUT2D eigenvalue weighted by Crippen LogP contribution is 2.27. The molecule has 1 aromatic carbocycles. The number of nitrogens with two attached hydrogens (primary N) is 1. The molecule has 3 aromatic heterocycles. The van der Waals surface area contributed by atoms with Gasteiger partial charge in [-0.1, -0.05) is 36.4 Å². The van der Waals surface area contributed by atoms with Crippen molar-refractivity contribution in [1.29, 1.82) is 0 Å². The third kappa shape index (κ3) is 3.94. The van der Waals surface area contributed by atoms with Gasteiger partial charge in [0.25, 0.3) is 5.91 Å². The predicted octanol–water partition coefficient (Wildman–Crippen LogP) is 4.25. The Balaban J connectivity index is 1.42. The van der Waals surface area contributed by atoms with Crippen molar-refractivity contribution in [1.82, 2.24) is 19.9 Å². The molecule has 1 aliphatic heterocycles.